The lowest BCUT2D eigenvalue weighted by atomic mass is 9.60. The molecule has 2 nitrogen and oxygen atoms in total. The summed E-state index contributed by atoms with van der Waals surface area (Å²) in [5.41, 5.74) is 2.18. The van der Waals surface area contributed by atoms with Crippen LogP contribution in [-0.4, -0.2) is 80.2 Å². The summed E-state index contributed by atoms with van der Waals surface area (Å²) in [6.45, 7) is 13.2. The molecule has 0 radical (unpaired) electrons. The monoisotopic (exact) mass is 592 g/mol. The lowest BCUT2D eigenvalue weighted by Crippen LogP contribution is -2.52. The first-order valence-electron chi connectivity index (χ1n) is 17.4. The minimum absolute atomic E-state index is 0.864. The van der Waals surface area contributed by atoms with Crippen LogP contribution in [0.4, 0.5) is 0 Å². The first kappa shape index (κ1) is 31.3. The Labute approximate surface area is 253 Å². The van der Waals surface area contributed by atoms with Crippen molar-refractivity contribution in [2.45, 2.75) is 127 Å². The molecule has 0 aliphatic heterocycles. The van der Waals surface area contributed by atoms with Crippen molar-refractivity contribution in [1.29, 1.82) is 0 Å². The van der Waals surface area contributed by atoms with E-state index in [-0.39, 0.29) is 0 Å². The Morgan fingerprint density at radius 2 is 1.13 bits per heavy atom. The zero-order chi connectivity index (χ0) is 27.6. The van der Waals surface area contributed by atoms with E-state index < -0.39 is 8.07 Å². The molecule has 5 rings (SSSR count). The van der Waals surface area contributed by atoms with Gasteiger partial charge in [-0.05, 0) is 111 Å². The molecule has 5 aliphatic rings. The maximum Gasteiger partial charge on any atom is 0.0542 e. The molecule has 0 amide bonds. The first-order valence-corrected chi connectivity index (χ1v) is 22.9. The Morgan fingerprint density at radius 1 is 0.590 bits per heavy atom. The minimum atomic E-state index is -1.39. The zero-order valence-corrected chi connectivity index (χ0v) is 29.3. The number of fused-ring (bicyclic) bond motifs is 4. The zero-order valence-electron chi connectivity index (χ0n) is 26.7. The van der Waals surface area contributed by atoms with Gasteiger partial charge in [0.15, 0.2) is 0 Å². The van der Waals surface area contributed by atoms with Crippen molar-refractivity contribution in [3.63, 3.8) is 0 Å². The Hall–Kier alpha value is 0.837. The summed E-state index contributed by atoms with van der Waals surface area (Å²) < 4.78 is 0. The van der Waals surface area contributed by atoms with Crippen LogP contribution in [0.5, 0.6) is 0 Å². The molecule has 39 heavy (non-hydrogen) atoms. The van der Waals surface area contributed by atoms with Crippen LogP contribution in [0.3, 0.4) is 0 Å². The van der Waals surface area contributed by atoms with Crippen LogP contribution < -0.4 is 0 Å². The summed E-state index contributed by atoms with van der Waals surface area (Å²) in [5, 5.41) is 0. The van der Waals surface area contributed by atoms with Crippen LogP contribution in [0, 0.1) is 35.5 Å². The number of thioether (sulfide) groups is 2. The molecular weight excluding hydrogens is 529 g/mol. The molecule has 0 bridgehead atoms. The van der Waals surface area contributed by atoms with Crippen molar-refractivity contribution >= 4 is 31.6 Å². The molecule has 5 fully saturated rings. The van der Waals surface area contributed by atoms with Crippen molar-refractivity contribution in [3.8, 4) is 0 Å². The highest BCUT2D eigenvalue weighted by molar-refractivity contribution is 7.99. The minimum Gasteiger partial charge on any atom is -0.306 e. The number of hydrogen-bond donors (Lipinski definition) is 0. The third-order valence-corrected chi connectivity index (χ3v) is 20.2. The maximum atomic E-state index is 3.05. The molecule has 10 atom stereocenters. The molecule has 0 aromatic heterocycles. The molecule has 5 saturated carbocycles. The van der Waals surface area contributed by atoms with Crippen molar-refractivity contribution in [2.75, 3.05) is 50.2 Å². The molecular formula is C34H64N2S2Si. The normalized spacial score (nSPS) is 40.6. The maximum absolute atomic E-state index is 3.05. The van der Waals surface area contributed by atoms with Gasteiger partial charge in [0.2, 0.25) is 0 Å². The fraction of sp³-hybridized carbons (Fsp3) is 1.00. The van der Waals surface area contributed by atoms with Crippen LogP contribution in [0.2, 0.25) is 24.2 Å². The van der Waals surface area contributed by atoms with Gasteiger partial charge in [-0.3, -0.25) is 4.90 Å². The van der Waals surface area contributed by atoms with Crippen molar-refractivity contribution in [2.24, 2.45) is 35.5 Å². The highest BCUT2D eigenvalue weighted by atomic mass is 32.2. The smallest absolute Gasteiger partial charge is 0.0542 e. The molecule has 10 unspecified atom stereocenters. The summed E-state index contributed by atoms with van der Waals surface area (Å²) >= 11 is 4.34. The topological polar surface area (TPSA) is 6.48 Å². The Bertz CT molecular complexity index is 751. The van der Waals surface area contributed by atoms with Crippen molar-refractivity contribution in [1.82, 2.24) is 9.80 Å². The molecule has 5 heteroatoms. The van der Waals surface area contributed by atoms with Gasteiger partial charge in [0, 0.05) is 36.7 Å². The van der Waals surface area contributed by atoms with E-state index in [1.807, 2.05) is 0 Å². The fourth-order valence-electron chi connectivity index (χ4n) is 11.6. The highest BCUT2D eigenvalue weighted by Gasteiger charge is 2.59. The number of rotatable bonds is 12. The molecule has 226 valence electrons. The highest BCUT2D eigenvalue weighted by Crippen LogP contribution is 2.64. The lowest BCUT2D eigenvalue weighted by molar-refractivity contribution is 0.00249. The second-order valence-electron chi connectivity index (χ2n) is 15.2. The Balaban J connectivity index is 1.36. The second kappa shape index (κ2) is 14.1. The summed E-state index contributed by atoms with van der Waals surface area (Å²) in [7, 11) is 3.44. The van der Waals surface area contributed by atoms with E-state index in [1.54, 1.807) is 38.5 Å². The van der Waals surface area contributed by atoms with Crippen molar-refractivity contribution < 1.29 is 0 Å². The van der Waals surface area contributed by atoms with Gasteiger partial charge in [0.25, 0.3) is 0 Å². The molecule has 0 aromatic carbocycles. The largest absolute Gasteiger partial charge is 0.306 e. The van der Waals surface area contributed by atoms with Crippen LogP contribution in [-0.2, 0) is 0 Å². The average Bonchev–Trinajstić information content (AvgIpc) is 3.55. The molecule has 0 N–H and O–H groups in total. The Kier molecular flexibility index (Phi) is 11.3. The van der Waals surface area contributed by atoms with E-state index in [9.17, 15) is 0 Å². The molecule has 0 aromatic rings. The van der Waals surface area contributed by atoms with Crippen molar-refractivity contribution in [3.05, 3.63) is 0 Å². The molecule has 0 saturated heterocycles. The van der Waals surface area contributed by atoms with E-state index in [4.69, 9.17) is 0 Å². The third-order valence-electron chi connectivity index (χ3n) is 13.2. The van der Waals surface area contributed by atoms with Gasteiger partial charge in [-0.2, -0.15) is 23.5 Å². The van der Waals surface area contributed by atoms with E-state index >= 15 is 0 Å². The molecule has 0 spiro atoms. The van der Waals surface area contributed by atoms with E-state index in [0.717, 1.165) is 58.7 Å². The third kappa shape index (κ3) is 6.53. The van der Waals surface area contributed by atoms with Gasteiger partial charge in [0.1, 0.15) is 0 Å². The summed E-state index contributed by atoms with van der Waals surface area (Å²) in [5.74, 6) is 11.5. The first-order chi connectivity index (χ1) is 18.9. The van der Waals surface area contributed by atoms with Gasteiger partial charge in [-0.15, -0.1) is 0 Å². The van der Waals surface area contributed by atoms with Gasteiger partial charge in [-0.1, -0.05) is 65.5 Å². The predicted molar refractivity (Wildman–Crippen MR) is 180 cm³/mol. The van der Waals surface area contributed by atoms with E-state index in [0.29, 0.717) is 0 Å². The van der Waals surface area contributed by atoms with Crippen LogP contribution in [0.25, 0.3) is 0 Å². The van der Waals surface area contributed by atoms with Gasteiger partial charge in [-0.25, -0.2) is 0 Å². The predicted octanol–water partition coefficient (Wildman–Crippen LogP) is 8.99. The fourth-order valence-corrected chi connectivity index (χ4v) is 18.2. The quantitative estimate of drug-likeness (QED) is 0.165. The number of hydrogen-bond acceptors (Lipinski definition) is 4. The van der Waals surface area contributed by atoms with Crippen LogP contribution >= 0.6 is 23.5 Å². The van der Waals surface area contributed by atoms with Gasteiger partial charge in [0.05, 0.1) is 8.07 Å². The average molecular weight is 593 g/mol. The second-order valence-corrected chi connectivity index (χ2v) is 23.1. The molecule has 5 aliphatic carbocycles. The summed E-state index contributed by atoms with van der Waals surface area (Å²) in [6.07, 6.45) is 18.5. The standard InChI is InChI=1S/C34H64N2S2Si/c1-7-37-21-19-36(20-22-38-8-2)32-24-34(29-16-12-11-15-28(29)32)39(5,6)33-18-17-26-25-13-9-10-14-27(25)31(35(3)4)23-30(26)33/h25-34H,7-24H2,1-6H3. The summed E-state index contributed by atoms with van der Waals surface area (Å²) in [6, 6.07) is 1.76. The number of nitrogens with zero attached hydrogens (tertiary/aromatic N) is 2. The SMILES string of the molecule is CCSCCN(CCSCC)C1CC([Si](C)(C)C2CCC3C4CCCCC4C(N(C)C)CC32)C2CCCCC21. The van der Waals surface area contributed by atoms with E-state index in [1.165, 1.54) is 74.6 Å². The van der Waals surface area contributed by atoms with Crippen LogP contribution in [0.1, 0.15) is 90.9 Å². The van der Waals surface area contributed by atoms with Crippen LogP contribution in [0.15, 0.2) is 0 Å². The van der Waals surface area contributed by atoms with Gasteiger partial charge < -0.3 is 4.90 Å². The lowest BCUT2D eigenvalue weighted by Gasteiger charge is -2.53. The Morgan fingerprint density at radius 3 is 1.72 bits per heavy atom. The van der Waals surface area contributed by atoms with Gasteiger partial charge >= 0.3 is 0 Å². The molecule has 0 heterocycles. The summed E-state index contributed by atoms with van der Waals surface area (Å²) in [4.78, 5) is 5.72. The van der Waals surface area contributed by atoms with E-state index in [2.05, 4.69) is 74.4 Å².